The van der Waals surface area contributed by atoms with Crippen molar-refractivity contribution in [2.24, 2.45) is 17.8 Å². The van der Waals surface area contributed by atoms with Crippen molar-refractivity contribution in [1.82, 2.24) is 24.2 Å². The fourth-order valence-corrected chi connectivity index (χ4v) is 6.87. The third-order valence-electron chi connectivity index (χ3n) is 9.35. The average Bonchev–Trinajstić information content (AvgIpc) is 3.32. The normalized spacial score (nSPS) is 24.2. The molecule has 2 atom stereocenters. The summed E-state index contributed by atoms with van der Waals surface area (Å²) in [7, 11) is 0. The van der Waals surface area contributed by atoms with Gasteiger partial charge >= 0.3 is 0 Å². The van der Waals surface area contributed by atoms with E-state index in [1.54, 1.807) is 0 Å². The van der Waals surface area contributed by atoms with Crippen LogP contribution >= 0.6 is 11.9 Å². The summed E-state index contributed by atoms with van der Waals surface area (Å²) < 4.78 is 11.2. The van der Waals surface area contributed by atoms with E-state index < -0.39 is 0 Å². The maximum absolute atomic E-state index is 13.0. The number of amides is 1. The molecule has 0 spiro atoms. The minimum absolute atomic E-state index is 0.0458. The van der Waals surface area contributed by atoms with Gasteiger partial charge in [0.25, 0.3) is 5.91 Å². The summed E-state index contributed by atoms with van der Waals surface area (Å²) in [6.45, 7) is 7.44. The van der Waals surface area contributed by atoms with E-state index in [2.05, 4.69) is 63.7 Å². The molecule has 1 aliphatic heterocycles. The largest absolute Gasteiger partial charge is 0.377 e. The van der Waals surface area contributed by atoms with E-state index >= 15 is 0 Å². The second-order valence-electron chi connectivity index (χ2n) is 12.2. The molecular weight excluding hydrogens is 534 g/mol. The second-order valence-corrected chi connectivity index (χ2v) is 12.8. The summed E-state index contributed by atoms with van der Waals surface area (Å²) in [6, 6.07) is 10.8. The number of carbonyl (C=O) groups excluding carboxylic acids is 1. The van der Waals surface area contributed by atoms with Crippen LogP contribution < -0.4 is 14.9 Å². The Bertz CT molecular complexity index is 1340. The van der Waals surface area contributed by atoms with Crippen LogP contribution in [-0.2, 0) is 11.3 Å². The lowest BCUT2D eigenvalue weighted by atomic mass is 9.80. The Morgan fingerprint density at radius 3 is 2.59 bits per heavy atom. The number of morpholine rings is 1. The molecule has 2 N–H and O–H groups in total. The number of rotatable bonds is 9. The first-order valence-corrected chi connectivity index (χ1v) is 16.5. The number of hydrogen-bond acceptors (Lipinski definition) is 8. The number of aromatic nitrogens is 4. The van der Waals surface area contributed by atoms with Crippen molar-refractivity contribution < 1.29 is 9.53 Å². The van der Waals surface area contributed by atoms with Crippen LogP contribution in [0.15, 0.2) is 30.3 Å². The van der Waals surface area contributed by atoms with Gasteiger partial charge in [-0.3, -0.25) is 9.52 Å². The van der Waals surface area contributed by atoms with E-state index in [0.29, 0.717) is 36.5 Å². The monoisotopic (exact) mass is 577 g/mol. The van der Waals surface area contributed by atoms with Crippen LogP contribution in [0, 0.1) is 17.8 Å². The van der Waals surface area contributed by atoms with Crippen molar-refractivity contribution in [3.63, 3.8) is 0 Å². The quantitative estimate of drug-likeness (QED) is 0.306. The van der Waals surface area contributed by atoms with E-state index in [4.69, 9.17) is 19.7 Å². The summed E-state index contributed by atoms with van der Waals surface area (Å²) >= 11 is 1.25. The molecule has 2 aromatic heterocycles. The van der Waals surface area contributed by atoms with Crippen LogP contribution in [0.1, 0.15) is 81.0 Å². The Morgan fingerprint density at radius 1 is 1.10 bits per heavy atom. The highest BCUT2D eigenvalue weighted by Crippen LogP contribution is 2.38. The molecule has 0 unspecified atom stereocenters. The molecule has 41 heavy (non-hydrogen) atoms. The molecule has 2 saturated carbocycles. The minimum Gasteiger partial charge on any atom is -0.377 e. The maximum atomic E-state index is 13.0. The van der Waals surface area contributed by atoms with Crippen LogP contribution in [0.2, 0.25) is 0 Å². The molecule has 9 nitrogen and oxygen atoms in total. The molecule has 3 heterocycles. The highest BCUT2D eigenvalue weighted by atomic mass is 32.2. The van der Waals surface area contributed by atoms with Crippen LogP contribution in [0.4, 0.5) is 11.8 Å². The topological polar surface area (TPSA) is 97.2 Å². The molecule has 1 saturated heterocycles. The van der Waals surface area contributed by atoms with Gasteiger partial charge in [0.2, 0.25) is 11.8 Å². The Hall–Kier alpha value is -2.85. The molecule has 0 bridgehead atoms. The number of carbonyl (C=O) groups is 1. The standard InChI is InChI=1S/C31H43N7O2S/c1-20-12-14-22(15-13-20)18-38-26-27(32-21(2)23-10-7-11-23)33-29(30(39)36-41-3)34-28(26)35-31(38)37-16-17-40-19-25(37)24-8-5-4-6-9-24/h4-6,8-9,20-23,25H,7,10-19H2,1-3H3,(H,36,39)(H,32,33,34)/t20-,21-,22-,25+/m1/s1. The minimum atomic E-state index is -0.301. The molecule has 2 aliphatic carbocycles. The van der Waals surface area contributed by atoms with Gasteiger partial charge in [0.15, 0.2) is 11.5 Å². The highest BCUT2D eigenvalue weighted by Gasteiger charge is 2.33. The van der Waals surface area contributed by atoms with E-state index in [1.807, 2.05) is 6.26 Å². The first-order chi connectivity index (χ1) is 20.0. The number of fused-ring (bicyclic) bond motifs is 1. The first-order valence-electron chi connectivity index (χ1n) is 15.3. The van der Waals surface area contributed by atoms with Gasteiger partial charge in [0, 0.05) is 25.4 Å². The van der Waals surface area contributed by atoms with Crippen LogP contribution in [0.25, 0.3) is 11.2 Å². The molecule has 6 rings (SSSR count). The predicted octanol–water partition coefficient (Wildman–Crippen LogP) is 5.84. The Labute approximate surface area is 247 Å². The zero-order chi connectivity index (χ0) is 28.3. The molecule has 1 aromatic carbocycles. The van der Waals surface area contributed by atoms with Crippen LogP contribution in [0.5, 0.6) is 0 Å². The average molecular weight is 578 g/mol. The summed E-state index contributed by atoms with van der Waals surface area (Å²) in [5.41, 5.74) is 2.69. The van der Waals surface area contributed by atoms with Gasteiger partial charge in [-0.2, -0.15) is 4.98 Å². The highest BCUT2D eigenvalue weighted by molar-refractivity contribution is 7.97. The maximum Gasteiger partial charge on any atom is 0.299 e. The van der Waals surface area contributed by atoms with Gasteiger partial charge < -0.3 is 19.5 Å². The van der Waals surface area contributed by atoms with Gasteiger partial charge in [0.05, 0.1) is 19.3 Å². The third kappa shape index (κ3) is 6.04. The first kappa shape index (κ1) is 28.3. The lowest BCUT2D eigenvalue weighted by Gasteiger charge is -2.37. The number of nitrogens with one attached hydrogen (secondary N) is 2. The smallest absolute Gasteiger partial charge is 0.299 e. The summed E-state index contributed by atoms with van der Waals surface area (Å²) in [4.78, 5) is 30.1. The SMILES string of the molecule is CSNC(=O)c1nc(N[C@H](C)C2CCC2)c2c(n1)nc(N1CCOC[C@H]1c1ccccc1)n2C[C@H]1CC[C@H](C)CC1. The molecule has 1 amide bonds. The van der Waals surface area contributed by atoms with E-state index in [-0.39, 0.29) is 23.8 Å². The molecule has 220 valence electrons. The Balaban J connectivity index is 1.48. The number of benzene rings is 1. The van der Waals surface area contributed by atoms with Gasteiger partial charge in [-0.1, -0.05) is 68.5 Å². The number of nitrogens with zero attached hydrogens (tertiary/aromatic N) is 5. The van der Waals surface area contributed by atoms with E-state index in [0.717, 1.165) is 30.5 Å². The van der Waals surface area contributed by atoms with E-state index in [9.17, 15) is 4.79 Å². The summed E-state index contributed by atoms with van der Waals surface area (Å²) in [5.74, 6) is 3.42. The molecule has 10 heteroatoms. The zero-order valence-corrected chi connectivity index (χ0v) is 25.3. The fourth-order valence-electron chi connectivity index (χ4n) is 6.59. The van der Waals surface area contributed by atoms with Crippen molar-refractivity contribution >= 4 is 40.8 Å². The molecule has 3 aliphatic rings. The predicted molar refractivity (Wildman–Crippen MR) is 165 cm³/mol. The summed E-state index contributed by atoms with van der Waals surface area (Å²) in [6.07, 6.45) is 10.5. The zero-order valence-electron chi connectivity index (χ0n) is 24.5. The lowest BCUT2D eigenvalue weighted by molar-refractivity contribution is 0.0927. The summed E-state index contributed by atoms with van der Waals surface area (Å²) in [5, 5.41) is 3.73. The second kappa shape index (κ2) is 12.6. The lowest BCUT2D eigenvalue weighted by Crippen LogP contribution is -2.41. The Kier molecular flexibility index (Phi) is 8.67. The van der Waals surface area contributed by atoms with Gasteiger partial charge in [-0.15, -0.1) is 0 Å². The number of anilines is 2. The van der Waals surface area contributed by atoms with Crippen LogP contribution in [-0.4, -0.2) is 57.5 Å². The molecule has 0 radical (unpaired) electrons. The van der Waals surface area contributed by atoms with Crippen molar-refractivity contribution in [3.8, 4) is 0 Å². The number of hydrogen-bond donors (Lipinski definition) is 2. The van der Waals surface area contributed by atoms with Crippen LogP contribution in [0.3, 0.4) is 0 Å². The van der Waals surface area contributed by atoms with Gasteiger partial charge in [0.1, 0.15) is 5.52 Å². The van der Waals surface area contributed by atoms with E-state index in [1.165, 1.54) is 62.5 Å². The number of imidazole rings is 1. The van der Waals surface area contributed by atoms with Crippen molar-refractivity contribution in [2.45, 2.75) is 77.4 Å². The van der Waals surface area contributed by atoms with Crippen molar-refractivity contribution in [3.05, 3.63) is 41.7 Å². The van der Waals surface area contributed by atoms with Gasteiger partial charge in [-0.25, -0.2) is 9.97 Å². The molecule has 3 fully saturated rings. The number of ether oxygens (including phenoxy) is 1. The van der Waals surface area contributed by atoms with Crippen molar-refractivity contribution in [2.75, 3.05) is 36.2 Å². The van der Waals surface area contributed by atoms with Crippen molar-refractivity contribution in [1.29, 1.82) is 0 Å². The Morgan fingerprint density at radius 2 is 1.88 bits per heavy atom. The molecular formula is C31H43N7O2S. The third-order valence-corrected chi connectivity index (χ3v) is 9.74. The molecule has 3 aromatic rings. The fraction of sp³-hybridized carbons (Fsp3) is 0.613. The van der Waals surface area contributed by atoms with Gasteiger partial charge in [-0.05, 0) is 55.9 Å².